The van der Waals surface area contributed by atoms with E-state index in [0.29, 0.717) is 5.96 Å². The third kappa shape index (κ3) is 2.45. The van der Waals surface area contributed by atoms with Gasteiger partial charge in [0.05, 0.1) is 0 Å². The Hall–Kier alpha value is -1.26. The fourth-order valence-corrected chi connectivity index (χ4v) is 0.736. The maximum atomic E-state index is 10.4. The van der Waals surface area contributed by atoms with Gasteiger partial charge in [0.1, 0.15) is 0 Å². The van der Waals surface area contributed by atoms with E-state index in [1.54, 1.807) is 26.0 Å². The Morgan fingerprint density at radius 1 is 1.36 bits per heavy atom. The quantitative estimate of drug-likeness (QED) is 0.404. The zero-order valence-electron chi connectivity index (χ0n) is 7.20. The minimum absolute atomic E-state index is 0.414. The summed E-state index contributed by atoms with van der Waals surface area (Å²) in [5, 5.41) is 8.55. The van der Waals surface area contributed by atoms with Crippen LogP contribution in [0.3, 0.4) is 0 Å². The molecule has 0 aliphatic heterocycles. The monoisotopic (exact) mass is 159 g/mol. The SMILES string of the molecule is CN=C(N(C)C)N(C)C(=O)O. The van der Waals surface area contributed by atoms with Gasteiger partial charge in [-0.1, -0.05) is 0 Å². The van der Waals surface area contributed by atoms with E-state index >= 15 is 0 Å². The average molecular weight is 159 g/mol. The van der Waals surface area contributed by atoms with Crippen LogP contribution in [0.1, 0.15) is 0 Å². The van der Waals surface area contributed by atoms with E-state index in [9.17, 15) is 4.79 Å². The van der Waals surface area contributed by atoms with Gasteiger partial charge in [0.15, 0.2) is 0 Å². The molecule has 0 spiro atoms. The number of guanidine groups is 1. The van der Waals surface area contributed by atoms with Gasteiger partial charge < -0.3 is 10.0 Å². The van der Waals surface area contributed by atoms with Gasteiger partial charge in [-0.15, -0.1) is 0 Å². The molecule has 0 aromatic carbocycles. The summed E-state index contributed by atoms with van der Waals surface area (Å²) in [5.41, 5.74) is 0. The Balaban J connectivity index is 4.41. The zero-order valence-corrected chi connectivity index (χ0v) is 7.20. The van der Waals surface area contributed by atoms with E-state index < -0.39 is 6.09 Å². The lowest BCUT2D eigenvalue weighted by Crippen LogP contribution is -2.40. The molecule has 0 heterocycles. The molecule has 5 heteroatoms. The molecule has 0 aromatic rings. The van der Waals surface area contributed by atoms with Gasteiger partial charge in [-0.3, -0.25) is 9.89 Å². The molecule has 11 heavy (non-hydrogen) atoms. The molecule has 0 saturated heterocycles. The summed E-state index contributed by atoms with van der Waals surface area (Å²) in [5.74, 6) is 0.414. The highest BCUT2D eigenvalue weighted by atomic mass is 16.4. The van der Waals surface area contributed by atoms with Crippen molar-refractivity contribution in [3.8, 4) is 0 Å². The van der Waals surface area contributed by atoms with Crippen LogP contribution in [0.4, 0.5) is 4.79 Å². The van der Waals surface area contributed by atoms with Crippen molar-refractivity contribution in [1.29, 1.82) is 0 Å². The number of carboxylic acid groups (broad SMARTS) is 1. The maximum Gasteiger partial charge on any atom is 0.413 e. The lowest BCUT2D eigenvalue weighted by molar-refractivity contribution is 0.172. The van der Waals surface area contributed by atoms with Crippen LogP contribution in [-0.4, -0.2) is 55.1 Å². The highest BCUT2D eigenvalue weighted by Crippen LogP contribution is 1.91. The van der Waals surface area contributed by atoms with E-state index in [1.807, 2.05) is 0 Å². The average Bonchev–Trinajstić information content (AvgIpc) is 1.88. The van der Waals surface area contributed by atoms with E-state index in [4.69, 9.17) is 5.11 Å². The van der Waals surface area contributed by atoms with Crippen molar-refractivity contribution in [3.05, 3.63) is 0 Å². The minimum Gasteiger partial charge on any atom is -0.465 e. The molecule has 0 atom stereocenters. The van der Waals surface area contributed by atoms with Crippen molar-refractivity contribution < 1.29 is 9.90 Å². The second kappa shape index (κ2) is 3.80. The Kier molecular flexibility index (Phi) is 3.36. The maximum absolute atomic E-state index is 10.4. The standard InChI is InChI=1S/C6H13N3O2/c1-7-5(8(2)3)9(4)6(10)11/h1-4H3,(H,10,11). The fraction of sp³-hybridized carbons (Fsp3) is 0.667. The summed E-state index contributed by atoms with van der Waals surface area (Å²) in [6.45, 7) is 0. The summed E-state index contributed by atoms with van der Waals surface area (Å²) >= 11 is 0. The summed E-state index contributed by atoms with van der Waals surface area (Å²) in [4.78, 5) is 16.9. The normalized spacial score (nSPS) is 11.1. The number of aliphatic imine (C=N–C) groups is 1. The van der Waals surface area contributed by atoms with Crippen molar-refractivity contribution in [2.75, 3.05) is 28.2 Å². The zero-order chi connectivity index (χ0) is 9.02. The molecule has 0 aliphatic carbocycles. The molecule has 0 bridgehead atoms. The summed E-state index contributed by atoms with van der Waals surface area (Å²) in [6, 6.07) is 0. The molecule has 0 aliphatic rings. The van der Waals surface area contributed by atoms with E-state index in [-0.39, 0.29) is 0 Å². The first-order chi connectivity index (χ1) is 5.00. The first kappa shape index (κ1) is 9.74. The van der Waals surface area contributed by atoms with Gasteiger partial charge in [0.25, 0.3) is 0 Å². The Morgan fingerprint density at radius 2 is 1.82 bits per heavy atom. The molecule has 0 fully saturated rings. The number of rotatable bonds is 0. The molecule has 0 saturated carbocycles. The summed E-state index contributed by atoms with van der Waals surface area (Å²) in [6.07, 6.45) is -1.01. The molecular formula is C6H13N3O2. The summed E-state index contributed by atoms with van der Waals surface area (Å²) in [7, 11) is 6.48. The minimum atomic E-state index is -1.01. The molecule has 0 rings (SSSR count). The first-order valence-corrected chi connectivity index (χ1v) is 3.11. The molecule has 0 aromatic heterocycles. The molecule has 1 amide bonds. The molecule has 5 nitrogen and oxygen atoms in total. The van der Waals surface area contributed by atoms with Gasteiger partial charge in [-0.05, 0) is 0 Å². The van der Waals surface area contributed by atoms with Crippen LogP contribution in [0, 0.1) is 0 Å². The van der Waals surface area contributed by atoms with Crippen LogP contribution in [0.15, 0.2) is 4.99 Å². The molecular weight excluding hydrogens is 146 g/mol. The lowest BCUT2D eigenvalue weighted by Gasteiger charge is -2.21. The lowest BCUT2D eigenvalue weighted by atomic mass is 10.7. The van der Waals surface area contributed by atoms with Gasteiger partial charge in [-0.2, -0.15) is 0 Å². The second-order valence-corrected chi connectivity index (χ2v) is 2.26. The highest BCUT2D eigenvalue weighted by molar-refractivity contribution is 5.92. The van der Waals surface area contributed by atoms with Gasteiger partial charge in [0, 0.05) is 28.2 Å². The van der Waals surface area contributed by atoms with E-state index in [2.05, 4.69) is 4.99 Å². The van der Waals surface area contributed by atoms with Crippen molar-refractivity contribution in [3.63, 3.8) is 0 Å². The van der Waals surface area contributed by atoms with Gasteiger partial charge in [-0.25, -0.2) is 4.79 Å². The molecule has 0 radical (unpaired) electrons. The third-order valence-electron chi connectivity index (χ3n) is 1.19. The largest absolute Gasteiger partial charge is 0.465 e. The predicted molar refractivity (Wildman–Crippen MR) is 42.8 cm³/mol. The van der Waals surface area contributed by atoms with E-state index in [0.717, 1.165) is 4.90 Å². The van der Waals surface area contributed by atoms with Crippen molar-refractivity contribution in [2.24, 2.45) is 4.99 Å². The molecule has 64 valence electrons. The number of hydrogen-bond acceptors (Lipinski definition) is 2. The number of hydrogen-bond donors (Lipinski definition) is 1. The Bertz CT molecular complexity index is 177. The van der Waals surface area contributed by atoms with Crippen molar-refractivity contribution >= 4 is 12.1 Å². The van der Waals surface area contributed by atoms with Crippen LogP contribution in [0.2, 0.25) is 0 Å². The molecule has 0 unspecified atom stereocenters. The number of carbonyl (C=O) groups is 1. The fourth-order valence-electron chi connectivity index (χ4n) is 0.736. The Labute approximate surface area is 65.9 Å². The topological polar surface area (TPSA) is 56.1 Å². The van der Waals surface area contributed by atoms with Crippen LogP contribution in [0.25, 0.3) is 0 Å². The smallest absolute Gasteiger partial charge is 0.413 e. The van der Waals surface area contributed by atoms with E-state index in [1.165, 1.54) is 7.05 Å². The number of amides is 1. The first-order valence-electron chi connectivity index (χ1n) is 3.11. The van der Waals surface area contributed by atoms with Crippen molar-refractivity contribution in [2.45, 2.75) is 0 Å². The van der Waals surface area contributed by atoms with Crippen LogP contribution in [0.5, 0.6) is 0 Å². The van der Waals surface area contributed by atoms with Gasteiger partial charge >= 0.3 is 6.09 Å². The third-order valence-corrected chi connectivity index (χ3v) is 1.19. The highest BCUT2D eigenvalue weighted by Gasteiger charge is 2.13. The van der Waals surface area contributed by atoms with Crippen LogP contribution >= 0.6 is 0 Å². The molecule has 1 N–H and O–H groups in total. The number of nitrogens with zero attached hydrogens (tertiary/aromatic N) is 3. The second-order valence-electron chi connectivity index (χ2n) is 2.26. The predicted octanol–water partition coefficient (Wildman–Crippen LogP) is 0.144. The van der Waals surface area contributed by atoms with Crippen LogP contribution in [-0.2, 0) is 0 Å². The van der Waals surface area contributed by atoms with Crippen molar-refractivity contribution in [1.82, 2.24) is 9.80 Å². The summed E-state index contributed by atoms with van der Waals surface area (Å²) < 4.78 is 0. The Morgan fingerprint density at radius 3 is 1.91 bits per heavy atom. The van der Waals surface area contributed by atoms with Gasteiger partial charge in [0.2, 0.25) is 5.96 Å². The van der Waals surface area contributed by atoms with Crippen LogP contribution < -0.4 is 0 Å².